The van der Waals surface area contributed by atoms with Crippen molar-refractivity contribution in [2.24, 2.45) is 11.1 Å². The first kappa shape index (κ1) is 12.5. The lowest BCUT2D eigenvalue weighted by atomic mass is 9.74. The van der Waals surface area contributed by atoms with E-state index in [-0.39, 0.29) is 5.60 Å². The van der Waals surface area contributed by atoms with E-state index >= 15 is 0 Å². The first-order valence-corrected chi connectivity index (χ1v) is 7.52. The highest BCUT2D eigenvalue weighted by atomic mass is 35.5. The van der Waals surface area contributed by atoms with Gasteiger partial charge in [0.05, 0.1) is 6.42 Å². The first-order valence-electron chi connectivity index (χ1n) is 7.14. The van der Waals surface area contributed by atoms with Gasteiger partial charge >= 0.3 is 0 Å². The predicted molar refractivity (Wildman–Crippen MR) is 77.1 cm³/mol. The lowest BCUT2D eigenvalue weighted by molar-refractivity contribution is -0.136. The number of rotatable bonds is 1. The zero-order valence-corrected chi connectivity index (χ0v) is 12.0. The monoisotopic (exact) mass is 292 g/mol. The van der Waals surface area contributed by atoms with Gasteiger partial charge in [0, 0.05) is 17.5 Å². The van der Waals surface area contributed by atoms with E-state index < -0.39 is 0 Å². The molecule has 1 aromatic carbocycles. The van der Waals surface area contributed by atoms with E-state index in [0.717, 1.165) is 18.7 Å². The van der Waals surface area contributed by atoms with Gasteiger partial charge in [0.2, 0.25) is 5.90 Å². The van der Waals surface area contributed by atoms with E-state index in [1.807, 2.05) is 24.3 Å². The van der Waals surface area contributed by atoms with Crippen LogP contribution in [0.4, 0.5) is 0 Å². The van der Waals surface area contributed by atoms with Crippen molar-refractivity contribution in [2.45, 2.75) is 24.9 Å². The predicted octanol–water partition coefficient (Wildman–Crippen LogP) is 2.92. The van der Waals surface area contributed by atoms with Gasteiger partial charge in [-0.15, -0.1) is 0 Å². The highest BCUT2D eigenvalue weighted by Gasteiger charge is 2.53. The van der Waals surface area contributed by atoms with Crippen LogP contribution in [0.3, 0.4) is 0 Å². The molecule has 1 aromatic rings. The molecule has 0 radical (unpaired) electrons. The summed E-state index contributed by atoms with van der Waals surface area (Å²) >= 11 is 5.87. The molecule has 20 heavy (non-hydrogen) atoms. The van der Waals surface area contributed by atoms with Gasteiger partial charge in [-0.3, -0.25) is 4.90 Å². The summed E-state index contributed by atoms with van der Waals surface area (Å²) < 4.78 is 5.81. The van der Waals surface area contributed by atoms with Crippen LogP contribution in [0.2, 0.25) is 5.02 Å². The summed E-state index contributed by atoms with van der Waals surface area (Å²) in [6.45, 7) is 3.38. The minimum atomic E-state index is -0.141. The maximum absolute atomic E-state index is 5.87. The molecule has 1 spiro atoms. The average molecular weight is 293 g/mol. The van der Waals surface area contributed by atoms with Gasteiger partial charge in [0.25, 0.3) is 0 Å². The molecule has 0 aromatic heterocycles. The number of nitrogens with zero attached hydrogens (tertiary/aromatic N) is 2. The van der Waals surface area contributed by atoms with Crippen LogP contribution >= 0.6 is 11.6 Å². The van der Waals surface area contributed by atoms with Gasteiger partial charge in [-0.1, -0.05) is 16.8 Å². The Labute approximate surface area is 123 Å². The minimum absolute atomic E-state index is 0.141. The Hall–Kier alpha value is -1.26. The Bertz CT molecular complexity index is 537. The molecule has 5 rings (SSSR count). The van der Waals surface area contributed by atoms with Crippen LogP contribution in [-0.2, 0) is 4.84 Å². The molecule has 4 aliphatic rings. The molecule has 106 valence electrons. The number of hydrogen-bond donors (Lipinski definition) is 0. The maximum Gasteiger partial charge on any atom is 0.235 e. The Morgan fingerprint density at radius 2 is 2.00 bits per heavy atom. The van der Waals surface area contributed by atoms with E-state index in [9.17, 15) is 0 Å². The molecule has 3 fully saturated rings. The van der Waals surface area contributed by atoms with Crippen molar-refractivity contribution in [1.29, 1.82) is 0 Å². The summed E-state index contributed by atoms with van der Waals surface area (Å²) in [5, 5.41) is 4.89. The third-order valence-corrected chi connectivity index (χ3v) is 4.90. The Kier molecular flexibility index (Phi) is 2.89. The molecule has 2 bridgehead atoms. The number of halogens is 1. The SMILES string of the molecule is Clc1ccc(OC2=NOC3(C2)CN2CCC3CC2)cc1. The molecule has 0 aliphatic carbocycles. The van der Waals surface area contributed by atoms with Crippen LogP contribution in [0.1, 0.15) is 19.3 Å². The topological polar surface area (TPSA) is 34.1 Å². The van der Waals surface area contributed by atoms with Crippen LogP contribution in [0.15, 0.2) is 29.4 Å². The first-order chi connectivity index (χ1) is 9.73. The van der Waals surface area contributed by atoms with Crippen molar-refractivity contribution in [3.8, 4) is 5.75 Å². The highest BCUT2D eigenvalue weighted by Crippen LogP contribution is 2.43. The van der Waals surface area contributed by atoms with Gasteiger partial charge in [0.15, 0.2) is 5.60 Å². The fourth-order valence-electron chi connectivity index (χ4n) is 3.58. The molecule has 4 aliphatic heterocycles. The summed E-state index contributed by atoms with van der Waals surface area (Å²) in [5.74, 6) is 2.05. The van der Waals surface area contributed by atoms with Gasteiger partial charge in [-0.25, -0.2) is 0 Å². The average Bonchev–Trinajstić information content (AvgIpc) is 2.85. The van der Waals surface area contributed by atoms with Crippen LogP contribution in [0, 0.1) is 5.92 Å². The molecule has 5 heteroatoms. The van der Waals surface area contributed by atoms with Crippen molar-refractivity contribution in [2.75, 3.05) is 19.6 Å². The van der Waals surface area contributed by atoms with E-state index in [0.29, 0.717) is 16.8 Å². The zero-order valence-electron chi connectivity index (χ0n) is 11.2. The largest absolute Gasteiger partial charge is 0.440 e. The second-order valence-corrected chi connectivity index (χ2v) is 6.36. The van der Waals surface area contributed by atoms with Gasteiger partial charge in [-0.05, 0) is 50.2 Å². The van der Waals surface area contributed by atoms with Crippen molar-refractivity contribution in [3.05, 3.63) is 29.3 Å². The van der Waals surface area contributed by atoms with Gasteiger partial charge in [0.1, 0.15) is 5.75 Å². The van der Waals surface area contributed by atoms with E-state index in [2.05, 4.69) is 10.1 Å². The highest BCUT2D eigenvalue weighted by molar-refractivity contribution is 6.30. The van der Waals surface area contributed by atoms with Gasteiger partial charge in [-0.2, -0.15) is 0 Å². The lowest BCUT2D eigenvalue weighted by Crippen LogP contribution is -2.59. The molecule has 1 atom stereocenters. The molecular weight excluding hydrogens is 276 g/mol. The van der Waals surface area contributed by atoms with E-state index in [1.165, 1.54) is 25.9 Å². The van der Waals surface area contributed by atoms with Crippen molar-refractivity contribution >= 4 is 17.5 Å². The number of piperidine rings is 3. The summed E-state index contributed by atoms with van der Waals surface area (Å²) in [5.41, 5.74) is -0.141. The number of hydrogen-bond acceptors (Lipinski definition) is 4. The Morgan fingerprint density at radius 3 is 2.65 bits per heavy atom. The van der Waals surface area contributed by atoms with Crippen LogP contribution in [0.25, 0.3) is 0 Å². The Balaban J connectivity index is 1.46. The fourth-order valence-corrected chi connectivity index (χ4v) is 3.71. The van der Waals surface area contributed by atoms with Crippen LogP contribution in [0.5, 0.6) is 5.75 Å². The van der Waals surface area contributed by atoms with Crippen LogP contribution < -0.4 is 4.74 Å². The van der Waals surface area contributed by atoms with E-state index in [1.54, 1.807) is 0 Å². The molecule has 3 saturated heterocycles. The zero-order chi connectivity index (χ0) is 13.6. The second kappa shape index (κ2) is 4.64. The number of ether oxygens (including phenoxy) is 1. The summed E-state index contributed by atoms with van der Waals surface area (Å²) in [6.07, 6.45) is 3.20. The number of fused-ring (bicyclic) bond motifs is 2. The third kappa shape index (κ3) is 2.07. The molecular formula is C15H17ClN2O2. The number of benzene rings is 1. The molecule has 1 unspecified atom stereocenters. The maximum atomic E-state index is 5.87. The molecule has 4 nitrogen and oxygen atoms in total. The van der Waals surface area contributed by atoms with Crippen molar-refractivity contribution in [1.82, 2.24) is 4.90 Å². The quantitative estimate of drug-likeness (QED) is 0.798. The van der Waals surface area contributed by atoms with Crippen molar-refractivity contribution < 1.29 is 9.57 Å². The molecule has 0 amide bonds. The summed E-state index contributed by atoms with van der Waals surface area (Å²) in [7, 11) is 0. The van der Waals surface area contributed by atoms with E-state index in [4.69, 9.17) is 21.2 Å². The van der Waals surface area contributed by atoms with Crippen molar-refractivity contribution in [3.63, 3.8) is 0 Å². The smallest absolute Gasteiger partial charge is 0.235 e. The summed E-state index contributed by atoms with van der Waals surface area (Å²) in [4.78, 5) is 8.29. The molecule has 4 heterocycles. The molecule has 0 saturated carbocycles. The van der Waals surface area contributed by atoms with Gasteiger partial charge < -0.3 is 9.57 Å². The standard InChI is InChI=1S/C15H17ClN2O2/c16-12-1-3-13(4-2-12)19-14-9-15(20-17-14)10-18-7-5-11(15)6-8-18/h1-4,11H,5-10H2. The molecule has 0 N–H and O–H groups in total. The van der Waals surface area contributed by atoms with Crippen LogP contribution in [-0.4, -0.2) is 36.0 Å². The lowest BCUT2D eigenvalue weighted by Gasteiger charge is -2.49. The Morgan fingerprint density at radius 1 is 1.25 bits per heavy atom. The number of oxime groups is 1. The third-order valence-electron chi connectivity index (χ3n) is 4.65. The normalized spacial score (nSPS) is 35.0. The fraction of sp³-hybridized carbons (Fsp3) is 0.533. The second-order valence-electron chi connectivity index (χ2n) is 5.92. The summed E-state index contributed by atoms with van der Waals surface area (Å²) in [6, 6.07) is 7.34. The minimum Gasteiger partial charge on any atom is -0.440 e.